The molecule has 2 aliphatic heterocycles. The van der Waals surface area contributed by atoms with Crippen molar-refractivity contribution in [2.24, 2.45) is 5.92 Å². The van der Waals surface area contributed by atoms with E-state index < -0.39 is 0 Å². The van der Waals surface area contributed by atoms with E-state index in [4.69, 9.17) is 9.47 Å². The first-order chi connectivity index (χ1) is 13.5. The summed E-state index contributed by atoms with van der Waals surface area (Å²) in [4.78, 5) is 6.99. The molecule has 4 rings (SSSR count). The number of hydrogen-bond acceptors (Lipinski definition) is 5. The Morgan fingerprint density at radius 3 is 2.46 bits per heavy atom. The second kappa shape index (κ2) is 8.99. The average molecular weight is 452 g/mol. The molecule has 3 aliphatic rings. The first kappa shape index (κ1) is 20.6. The van der Waals surface area contributed by atoms with Crippen LogP contribution in [0.4, 0.5) is 0 Å². The molecule has 1 N–H and O–H groups in total. The molecule has 0 aromatic carbocycles. The quantitative estimate of drug-likeness (QED) is 0.707. The second-order valence-corrected chi connectivity index (χ2v) is 10.1. The van der Waals surface area contributed by atoms with Crippen LogP contribution in [0, 0.1) is 5.92 Å². The lowest BCUT2D eigenvalue weighted by molar-refractivity contribution is -0.118. The lowest BCUT2D eigenvalue weighted by Gasteiger charge is -2.49. The van der Waals surface area contributed by atoms with Gasteiger partial charge in [0.2, 0.25) is 5.88 Å². The largest absolute Gasteiger partial charge is 0.474 e. The Kier molecular flexibility index (Phi) is 6.60. The molecule has 3 heterocycles. The van der Waals surface area contributed by atoms with E-state index in [1.165, 1.54) is 25.9 Å². The summed E-state index contributed by atoms with van der Waals surface area (Å²) in [5.41, 5.74) is 0.305. The number of nitrogens with one attached hydrogen (secondary N) is 1. The molecule has 3 fully saturated rings. The van der Waals surface area contributed by atoms with Gasteiger partial charge in [0.1, 0.15) is 6.10 Å². The zero-order valence-corrected chi connectivity index (χ0v) is 18.8. The first-order valence-electron chi connectivity index (χ1n) is 10.9. The van der Waals surface area contributed by atoms with Gasteiger partial charge in [-0.05, 0) is 64.6 Å². The van der Waals surface area contributed by atoms with Crippen LogP contribution < -0.4 is 10.1 Å². The normalized spacial score (nSPS) is 28.1. The molecule has 0 unspecified atom stereocenters. The molecule has 2 saturated heterocycles. The van der Waals surface area contributed by atoms with Gasteiger partial charge in [0, 0.05) is 48.2 Å². The highest BCUT2D eigenvalue weighted by Gasteiger charge is 2.39. The van der Waals surface area contributed by atoms with Crippen molar-refractivity contribution < 1.29 is 9.47 Å². The van der Waals surface area contributed by atoms with Gasteiger partial charge in [0.25, 0.3) is 0 Å². The molecule has 28 heavy (non-hydrogen) atoms. The van der Waals surface area contributed by atoms with Gasteiger partial charge in [0.15, 0.2) is 0 Å². The summed E-state index contributed by atoms with van der Waals surface area (Å²) in [5.74, 6) is 1.51. The minimum Gasteiger partial charge on any atom is -0.474 e. The lowest BCUT2D eigenvalue weighted by atomic mass is 9.78. The van der Waals surface area contributed by atoms with E-state index >= 15 is 0 Å². The van der Waals surface area contributed by atoms with Crippen molar-refractivity contribution in [1.82, 2.24) is 15.2 Å². The predicted molar refractivity (Wildman–Crippen MR) is 115 cm³/mol. The van der Waals surface area contributed by atoms with Crippen LogP contribution in [0.15, 0.2) is 22.8 Å². The van der Waals surface area contributed by atoms with Gasteiger partial charge in [0.05, 0.1) is 12.2 Å². The molecule has 0 atom stereocenters. The third kappa shape index (κ3) is 4.89. The molecule has 0 radical (unpaired) electrons. The fourth-order valence-electron chi connectivity index (χ4n) is 4.97. The minimum absolute atomic E-state index is 0.241. The molecular weight excluding hydrogens is 418 g/mol. The summed E-state index contributed by atoms with van der Waals surface area (Å²) in [7, 11) is 0. The monoisotopic (exact) mass is 451 g/mol. The summed E-state index contributed by atoms with van der Waals surface area (Å²) in [6, 6.07) is 3.84. The van der Waals surface area contributed by atoms with E-state index in [2.05, 4.69) is 45.0 Å². The smallest absolute Gasteiger partial charge is 0.214 e. The first-order valence-corrected chi connectivity index (χ1v) is 11.7. The number of aromatic nitrogens is 1. The summed E-state index contributed by atoms with van der Waals surface area (Å²) in [6.45, 7) is 9.58. The van der Waals surface area contributed by atoms with Gasteiger partial charge in [-0.3, -0.25) is 4.90 Å². The predicted octanol–water partition coefficient (Wildman–Crippen LogP) is 4.01. The maximum Gasteiger partial charge on any atom is 0.214 e. The maximum absolute atomic E-state index is 6.38. The average Bonchev–Trinajstić information content (AvgIpc) is 2.67. The summed E-state index contributed by atoms with van der Waals surface area (Å²) >= 11 is 3.46. The van der Waals surface area contributed by atoms with Crippen LogP contribution in [-0.2, 0) is 4.74 Å². The zero-order valence-electron chi connectivity index (χ0n) is 17.2. The van der Waals surface area contributed by atoms with Crippen LogP contribution in [0.5, 0.6) is 5.88 Å². The van der Waals surface area contributed by atoms with Gasteiger partial charge in [-0.2, -0.15) is 0 Å². The Balaban J connectivity index is 1.17. The van der Waals surface area contributed by atoms with Crippen LogP contribution in [0.2, 0.25) is 0 Å². The van der Waals surface area contributed by atoms with E-state index in [1.807, 2.05) is 12.1 Å². The van der Waals surface area contributed by atoms with Crippen LogP contribution >= 0.6 is 15.9 Å². The molecule has 1 aliphatic carbocycles. The SMILES string of the molecule is CC(C)(C1CCNCC1)N1CCC(O[C@H]2C[C@H](Oc3cc(Br)ccn3)C2)CC1. The van der Waals surface area contributed by atoms with Gasteiger partial charge in [-0.25, -0.2) is 4.98 Å². The molecule has 5 nitrogen and oxygen atoms in total. The third-order valence-corrected chi connectivity index (χ3v) is 7.51. The molecule has 0 bridgehead atoms. The maximum atomic E-state index is 6.38. The van der Waals surface area contributed by atoms with Crippen molar-refractivity contribution in [2.75, 3.05) is 26.2 Å². The molecule has 1 aromatic heterocycles. The summed E-state index contributed by atoms with van der Waals surface area (Å²) in [6.07, 6.45) is 9.66. The van der Waals surface area contributed by atoms with E-state index in [9.17, 15) is 0 Å². The Morgan fingerprint density at radius 2 is 1.79 bits per heavy atom. The van der Waals surface area contributed by atoms with Crippen molar-refractivity contribution in [3.8, 4) is 5.88 Å². The van der Waals surface area contributed by atoms with Crippen molar-refractivity contribution >= 4 is 15.9 Å². The molecule has 0 spiro atoms. The van der Waals surface area contributed by atoms with Crippen LogP contribution in [-0.4, -0.2) is 59.9 Å². The molecule has 1 aromatic rings. The Hall–Kier alpha value is -0.690. The Labute approximate surface area is 177 Å². The number of likely N-dealkylation sites (tertiary alicyclic amines) is 1. The van der Waals surface area contributed by atoms with E-state index in [0.29, 0.717) is 23.6 Å². The van der Waals surface area contributed by atoms with Gasteiger partial charge in [-0.15, -0.1) is 0 Å². The minimum atomic E-state index is 0.241. The Morgan fingerprint density at radius 1 is 1.07 bits per heavy atom. The topological polar surface area (TPSA) is 46.6 Å². The van der Waals surface area contributed by atoms with Gasteiger partial charge < -0.3 is 14.8 Å². The fourth-order valence-corrected chi connectivity index (χ4v) is 5.29. The number of piperidine rings is 2. The van der Waals surface area contributed by atoms with Gasteiger partial charge >= 0.3 is 0 Å². The molecule has 1 saturated carbocycles. The number of rotatable bonds is 6. The fraction of sp³-hybridized carbons (Fsp3) is 0.773. The molecular formula is C22H34BrN3O2. The molecule has 0 amide bonds. The van der Waals surface area contributed by atoms with Crippen molar-refractivity contribution in [1.29, 1.82) is 0 Å². The summed E-state index contributed by atoms with van der Waals surface area (Å²) < 4.78 is 13.3. The highest BCUT2D eigenvalue weighted by atomic mass is 79.9. The van der Waals surface area contributed by atoms with Crippen LogP contribution in [0.25, 0.3) is 0 Å². The van der Waals surface area contributed by atoms with Crippen LogP contribution in [0.1, 0.15) is 52.4 Å². The van der Waals surface area contributed by atoms with E-state index in [0.717, 1.165) is 49.2 Å². The molecule has 6 heteroatoms. The number of pyridine rings is 1. The number of ether oxygens (including phenoxy) is 2. The van der Waals surface area contributed by atoms with Crippen molar-refractivity contribution in [3.63, 3.8) is 0 Å². The summed E-state index contributed by atoms with van der Waals surface area (Å²) in [5, 5.41) is 3.50. The highest BCUT2D eigenvalue weighted by molar-refractivity contribution is 9.10. The number of halogens is 1. The number of nitrogens with zero attached hydrogens (tertiary/aromatic N) is 2. The van der Waals surface area contributed by atoms with E-state index in [-0.39, 0.29) is 6.10 Å². The van der Waals surface area contributed by atoms with Crippen LogP contribution in [0.3, 0.4) is 0 Å². The second-order valence-electron chi connectivity index (χ2n) is 9.15. The zero-order chi connectivity index (χ0) is 19.6. The Bertz CT molecular complexity index is 636. The third-order valence-electron chi connectivity index (χ3n) is 7.02. The highest BCUT2D eigenvalue weighted by Crippen LogP contribution is 2.35. The van der Waals surface area contributed by atoms with Crippen molar-refractivity contribution in [2.45, 2.75) is 76.2 Å². The molecule has 156 valence electrons. The van der Waals surface area contributed by atoms with Gasteiger partial charge in [-0.1, -0.05) is 15.9 Å². The van der Waals surface area contributed by atoms with E-state index in [1.54, 1.807) is 6.20 Å². The lowest BCUT2D eigenvalue weighted by Crippen LogP contribution is -2.55. The standard InChI is InChI=1S/C22H34BrN3O2/c1-22(2,16-3-8-24-9-4-16)26-11-6-18(7-12-26)27-19-14-20(15-19)28-21-13-17(23)5-10-25-21/h5,10,13,16,18-20,24H,3-4,6-9,11-12,14-15H2,1-2H3/t19-,20-. The number of hydrogen-bond donors (Lipinski definition) is 1. The van der Waals surface area contributed by atoms with Crippen molar-refractivity contribution in [3.05, 3.63) is 22.8 Å².